The van der Waals surface area contributed by atoms with Gasteiger partial charge in [0.15, 0.2) is 9.84 Å². The van der Waals surface area contributed by atoms with Crippen LogP contribution in [0.1, 0.15) is 34.0 Å². The highest BCUT2D eigenvalue weighted by Crippen LogP contribution is 2.33. The second kappa shape index (κ2) is 12.9. The van der Waals surface area contributed by atoms with E-state index >= 15 is 0 Å². The van der Waals surface area contributed by atoms with Gasteiger partial charge in [0.05, 0.1) is 16.2 Å². The van der Waals surface area contributed by atoms with Gasteiger partial charge in [-0.3, -0.25) is 14.5 Å². The molecule has 1 aliphatic rings. The minimum atomic E-state index is -4.75. The van der Waals surface area contributed by atoms with Gasteiger partial charge in [-0.2, -0.15) is 13.2 Å². The number of carboxylic acid groups (broad SMARTS) is 1. The van der Waals surface area contributed by atoms with Gasteiger partial charge in [-0.05, 0) is 41.5 Å². The van der Waals surface area contributed by atoms with E-state index in [1.54, 1.807) is 4.90 Å². The molecule has 218 valence electrons. The van der Waals surface area contributed by atoms with E-state index in [4.69, 9.17) is 16.7 Å². The molecular weight excluding hydrogens is 577 g/mol. The SMILES string of the molecule is CCS(=O)(=O)c1ccc(Cl)cc1CNC(=O)c1ccc(CN2CCN(C(=O)CNC(=O)O)CC2)c(C(F)(F)F)c1. The number of alkyl halides is 3. The van der Waals surface area contributed by atoms with Gasteiger partial charge in [-0.25, -0.2) is 13.2 Å². The lowest BCUT2D eigenvalue weighted by Gasteiger charge is -2.35. The molecule has 3 amide bonds. The lowest BCUT2D eigenvalue weighted by atomic mass is 10.0. The van der Waals surface area contributed by atoms with E-state index in [0.717, 1.165) is 6.07 Å². The highest BCUT2D eigenvalue weighted by molar-refractivity contribution is 7.91. The Balaban J connectivity index is 1.71. The summed E-state index contributed by atoms with van der Waals surface area (Å²) >= 11 is 5.98. The first kappa shape index (κ1) is 31.2. The number of rotatable bonds is 9. The number of hydrogen-bond donors (Lipinski definition) is 3. The Labute approximate surface area is 234 Å². The minimum Gasteiger partial charge on any atom is -0.465 e. The maximum absolute atomic E-state index is 13.9. The molecule has 3 N–H and O–H groups in total. The number of sulfone groups is 1. The van der Waals surface area contributed by atoms with Gasteiger partial charge in [0.1, 0.15) is 6.54 Å². The van der Waals surface area contributed by atoms with Crippen molar-refractivity contribution in [2.75, 3.05) is 38.5 Å². The number of nitrogens with one attached hydrogen (secondary N) is 2. The Hall–Kier alpha value is -3.36. The number of amides is 3. The predicted octanol–water partition coefficient (Wildman–Crippen LogP) is 2.99. The lowest BCUT2D eigenvalue weighted by molar-refractivity contribution is -0.138. The number of halogens is 4. The molecule has 10 nitrogen and oxygen atoms in total. The second-order valence-corrected chi connectivity index (χ2v) is 11.7. The Morgan fingerprint density at radius 2 is 1.68 bits per heavy atom. The monoisotopic (exact) mass is 604 g/mol. The molecule has 0 unspecified atom stereocenters. The largest absolute Gasteiger partial charge is 0.465 e. The molecule has 40 heavy (non-hydrogen) atoms. The van der Waals surface area contributed by atoms with Crippen LogP contribution in [0.3, 0.4) is 0 Å². The van der Waals surface area contributed by atoms with E-state index in [2.05, 4.69) is 5.32 Å². The molecule has 2 aromatic rings. The van der Waals surface area contributed by atoms with Crippen molar-refractivity contribution >= 4 is 39.3 Å². The molecule has 0 bridgehead atoms. The third-order valence-electron chi connectivity index (χ3n) is 6.36. The molecule has 0 atom stereocenters. The number of nitrogens with zero attached hydrogens (tertiary/aromatic N) is 2. The Morgan fingerprint density at radius 1 is 1.00 bits per heavy atom. The quantitative estimate of drug-likeness (QED) is 0.400. The molecule has 0 radical (unpaired) electrons. The normalized spacial score (nSPS) is 14.6. The molecular formula is C25H28ClF3N4O6S. The van der Waals surface area contributed by atoms with E-state index in [1.807, 2.05) is 5.32 Å². The summed E-state index contributed by atoms with van der Waals surface area (Å²) in [6, 6.07) is 7.34. The average molecular weight is 605 g/mol. The van der Waals surface area contributed by atoms with Crippen molar-refractivity contribution in [3.05, 3.63) is 63.7 Å². The van der Waals surface area contributed by atoms with Crippen LogP contribution in [0.25, 0.3) is 0 Å². The lowest BCUT2D eigenvalue weighted by Crippen LogP contribution is -2.50. The predicted molar refractivity (Wildman–Crippen MR) is 140 cm³/mol. The van der Waals surface area contributed by atoms with Crippen molar-refractivity contribution in [1.82, 2.24) is 20.4 Å². The summed E-state index contributed by atoms with van der Waals surface area (Å²) in [7, 11) is -3.63. The van der Waals surface area contributed by atoms with E-state index in [-0.39, 0.29) is 78.2 Å². The topological polar surface area (TPSA) is 136 Å². The molecule has 0 saturated carbocycles. The first-order valence-corrected chi connectivity index (χ1v) is 14.2. The van der Waals surface area contributed by atoms with Crippen LogP contribution in [0.2, 0.25) is 5.02 Å². The second-order valence-electron chi connectivity index (χ2n) is 9.02. The van der Waals surface area contributed by atoms with Gasteiger partial charge in [0, 0.05) is 49.9 Å². The van der Waals surface area contributed by atoms with Gasteiger partial charge in [0.25, 0.3) is 5.91 Å². The highest BCUT2D eigenvalue weighted by atomic mass is 35.5. The summed E-state index contributed by atoms with van der Waals surface area (Å²) in [4.78, 5) is 38.5. The smallest absolute Gasteiger partial charge is 0.416 e. The van der Waals surface area contributed by atoms with E-state index in [1.165, 1.54) is 42.2 Å². The zero-order valence-electron chi connectivity index (χ0n) is 21.4. The molecule has 0 aliphatic carbocycles. The molecule has 1 aliphatic heterocycles. The summed E-state index contributed by atoms with van der Waals surface area (Å²) in [5.41, 5.74) is -1.07. The van der Waals surface area contributed by atoms with Gasteiger partial charge >= 0.3 is 12.3 Å². The highest BCUT2D eigenvalue weighted by Gasteiger charge is 2.35. The molecule has 15 heteroatoms. The van der Waals surface area contributed by atoms with Crippen molar-refractivity contribution in [3.63, 3.8) is 0 Å². The molecule has 1 heterocycles. The van der Waals surface area contributed by atoms with E-state index in [0.29, 0.717) is 0 Å². The number of hydrogen-bond acceptors (Lipinski definition) is 6. The van der Waals surface area contributed by atoms with Crippen LogP contribution in [-0.4, -0.2) is 79.7 Å². The summed E-state index contributed by atoms with van der Waals surface area (Å²) in [5, 5.41) is 13.3. The van der Waals surface area contributed by atoms with Crippen LogP contribution in [0, 0.1) is 0 Å². The summed E-state index contributed by atoms with van der Waals surface area (Å²) < 4.78 is 66.6. The summed E-state index contributed by atoms with van der Waals surface area (Å²) in [5.74, 6) is -1.43. The van der Waals surface area contributed by atoms with Crippen LogP contribution < -0.4 is 10.6 Å². The first-order chi connectivity index (χ1) is 18.7. The third-order valence-corrected chi connectivity index (χ3v) is 8.43. The molecule has 3 rings (SSSR count). The van der Waals surface area contributed by atoms with Gasteiger partial charge in [-0.15, -0.1) is 0 Å². The van der Waals surface area contributed by atoms with Crippen molar-refractivity contribution < 1.29 is 41.1 Å². The average Bonchev–Trinajstić information content (AvgIpc) is 2.90. The fourth-order valence-electron chi connectivity index (χ4n) is 4.20. The van der Waals surface area contributed by atoms with Crippen molar-refractivity contribution in [3.8, 4) is 0 Å². The number of piperazine rings is 1. The third kappa shape index (κ3) is 8.08. The molecule has 0 aromatic heterocycles. The number of carbonyl (C=O) groups is 3. The summed E-state index contributed by atoms with van der Waals surface area (Å²) in [6.45, 7) is 1.75. The Kier molecular flexibility index (Phi) is 10.0. The van der Waals surface area contributed by atoms with Crippen molar-refractivity contribution in [2.24, 2.45) is 0 Å². The van der Waals surface area contributed by atoms with E-state index < -0.39 is 39.5 Å². The zero-order valence-corrected chi connectivity index (χ0v) is 23.0. The van der Waals surface area contributed by atoms with Crippen LogP contribution in [0.15, 0.2) is 41.3 Å². The fourth-order valence-corrected chi connectivity index (χ4v) is 5.51. The zero-order chi connectivity index (χ0) is 29.7. The standard InChI is InChI=1S/C25H28ClF3N4O6S/c1-2-40(38,39)21-6-5-19(26)11-18(21)13-30-23(35)16-3-4-17(20(12-16)25(27,28)29)15-32-7-9-33(10-8-32)22(34)14-31-24(36)37/h3-6,11-12,31H,2,7-10,13-15H2,1H3,(H,30,35)(H,36,37). The van der Waals surface area contributed by atoms with Crippen molar-refractivity contribution in [2.45, 2.75) is 31.1 Å². The van der Waals surface area contributed by atoms with Gasteiger partial charge < -0.3 is 20.6 Å². The van der Waals surface area contributed by atoms with Gasteiger partial charge in [-0.1, -0.05) is 24.6 Å². The molecule has 0 spiro atoms. The maximum atomic E-state index is 13.9. The fraction of sp³-hybridized carbons (Fsp3) is 0.400. The van der Waals surface area contributed by atoms with Crippen LogP contribution >= 0.6 is 11.6 Å². The van der Waals surface area contributed by atoms with Crippen LogP contribution in [-0.2, 0) is 33.9 Å². The molecule has 1 fully saturated rings. The Morgan fingerprint density at radius 3 is 2.27 bits per heavy atom. The van der Waals surface area contributed by atoms with Crippen LogP contribution in [0.5, 0.6) is 0 Å². The minimum absolute atomic E-state index is 0.0222. The Bertz CT molecular complexity index is 1380. The number of benzene rings is 2. The van der Waals surface area contributed by atoms with E-state index in [9.17, 15) is 36.0 Å². The molecule has 2 aromatic carbocycles. The van der Waals surface area contributed by atoms with Gasteiger partial charge in [0.2, 0.25) is 5.91 Å². The van der Waals surface area contributed by atoms with Crippen molar-refractivity contribution in [1.29, 1.82) is 0 Å². The number of carbonyl (C=O) groups excluding carboxylic acids is 2. The summed E-state index contributed by atoms with van der Waals surface area (Å²) in [6.07, 6.45) is -6.08. The van der Waals surface area contributed by atoms with Crippen LogP contribution in [0.4, 0.5) is 18.0 Å². The molecule has 1 saturated heterocycles. The maximum Gasteiger partial charge on any atom is 0.416 e. The first-order valence-electron chi connectivity index (χ1n) is 12.2.